The Bertz CT molecular complexity index is 1110. The van der Waals surface area contributed by atoms with Crippen LogP contribution < -0.4 is 18.5 Å². The highest BCUT2D eigenvalue weighted by atomic mass is 32.2. The number of carbonyl (C=O) groups excluding carboxylic acids is 1. The fraction of sp³-hybridized carbons (Fsp3) is 0.458. The van der Waals surface area contributed by atoms with Crippen molar-refractivity contribution < 1.29 is 27.4 Å². The Labute approximate surface area is 200 Å². The second kappa shape index (κ2) is 10.1. The first kappa shape index (κ1) is 24.2. The van der Waals surface area contributed by atoms with Gasteiger partial charge in [-0.1, -0.05) is 6.07 Å². The summed E-state index contributed by atoms with van der Waals surface area (Å²) in [5, 5.41) is 0. The van der Waals surface area contributed by atoms with E-state index in [2.05, 4.69) is 4.90 Å². The van der Waals surface area contributed by atoms with Crippen molar-refractivity contribution in [3.8, 4) is 17.2 Å². The zero-order valence-corrected chi connectivity index (χ0v) is 20.6. The summed E-state index contributed by atoms with van der Waals surface area (Å²) in [5.74, 6) is 1.96. The van der Waals surface area contributed by atoms with Crippen molar-refractivity contribution in [1.82, 2.24) is 9.80 Å². The van der Waals surface area contributed by atoms with Gasteiger partial charge in [0.05, 0.1) is 18.6 Å². The smallest absolute Gasteiger partial charge is 0.246 e. The van der Waals surface area contributed by atoms with Gasteiger partial charge in [-0.2, -0.15) is 0 Å². The zero-order chi connectivity index (χ0) is 24.3. The summed E-state index contributed by atoms with van der Waals surface area (Å²) < 4.78 is 42.7. The van der Waals surface area contributed by atoms with Gasteiger partial charge in [0, 0.05) is 32.7 Å². The Morgan fingerprint density at radius 1 is 1.06 bits per heavy atom. The van der Waals surface area contributed by atoms with Crippen LogP contribution in [0.25, 0.3) is 0 Å². The van der Waals surface area contributed by atoms with E-state index in [0.717, 1.165) is 29.9 Å². The summed E-state index contributed by atoms with van der Waals surface area (Å²) in [6.07, 6.45) is 1.12. The highest BCUT2D eigenvalue weighted by molar-refractivity contribution is 7.92. The highest BCUT2D eigenvalue weighted by Crippen LogP contribution is 2.33. The summed E-state index contributed by atoms with van der Waals surface area (Å²) in [7, 11) is -3.67. The summed E-state index contributed by atoms with van der Waals surface area (Å²) in [6.45, 7) is 7.51. The zero-order valence-electron chi connectivity index (χ0n) is 19.8. The van der Waals surface area contributed by atoms with Gasteiger partial charge < -0.3 is 19.1 Å². The van der Waals surface area contributed by atoms with Crippen LogP contribution >= 0.6 is 0 Å². The molecule has 184 valence electrons. The standard InChI is InChI=1S/C24H31N3O6S/c1-4-31-21-8-6-20(7-9-21)27(34(3,29)30)18(2)24(28)26-13-11-25(12-14-26)16-19-5-10-22-23(15-19)33-17-32-22/h5-10,15,18H,4,11-14,16-17H2,1-3H3. The number of rotatable bonds is 8. The quantitative estimate of drug-likeness (QED) is 0.562. The minimum Gasteiger partial charge on any atom is -0.494 e. The van der Waals surface area contributed by atoms with Crippen LogP contribution in [0, 0.1) is 0 Å². The lowest BCUT2D eigenvalue weighted by Crippen LogP contribution is -2.55. The third kappa shape index (κ3) is 5.39. The number of fused-ring (bicyclic) bond motifs is 1. The second-order valence-corrected chi connectivity index (χ2v) is 10.3. The molecule has 0 aromatic heterocycles. The Morgan fingerprint density at radius 3 is 2.38 bits per heavy atom. The number of anilines is 1. The Morgan fingerprint density at radius 2 is 1.74 bits per heavy atom. The lowest BCUT2D eigenvalue weighted by Gasteiger charge is -2.38. The molecule has 1 saturated heterocycles. The van der Waals surface area contributed by atoms with E-state index in [1.165, 1.54) is 4.31 Å². The van der Waals surface area contributed by atoms with E-state index < -0.39 is 16.1 Å². The number of hydrogen-bond donors (Lipinski definition) is 0. The fourth-order valence-corrected chi connectivity index (χ4v) is 5.52. The lowest BCUT2D eigenvalue weighted by molar-refractivity contribution is -0.133. The third-order valence-corrected chi connectivity index (χ3v) is 7.24. The van der Waals surface area contributed by atoms with E-state index in [9.17, 15) is 13.2 Å². The molecule has 0 spiro atoms. The molecule has 0 bridgehead atoms. The molecule has 10 heteroatoms. The normalized spacial score (nSPS) is 16.9. The summed E-state index contributed by atoms with van der Waals surface area (Å²) in [6, 6.07) is 11.8. The number of ether oxygens (including phenoxy) is 3. The van der Waals surface area contributed by atoms with Gasteiger partial charge in [-0.05, 0) is 55.8 Å². The van der Waals surface area contributed by atoms with Gasteiger partial charge in [-0.3, -0.25) is 14.0 Å². The lowest BCUT2D eigenvalue weighted by atomic mass is 10.1. The van der Waals surface area contributed by atoms with E-state index >= 15 is 0 Å². The maximum absolute atomic E-state index is 13.3. The average molecular weight is 490 g/mol. The first-order chi connectivity index (χ1) is 16.3. The van der Waals surface area contributed by atoms with Crippen LogP contribution in [-0.4, -0.2) is 76.0 Å². The Hall–Kier alpha value is -2.98. The molecule has 34 heavy (non-hydrogen) atoms. The van der Waals surface area contributed by atoms with E-state index in [1.807, 2.05) is 25.1 Å². The van der Waals surface area contributed by atoms with Crippen LogP contribution in [0.3, 0.4) is 0 Å². The van der Waals surface area contributed by atoms with E-state index in [-0.39, 0.29) is 12.7 Å². The molecule has 0 radical (unpaired) electrons. The molecule has 2 aliphatic rings. The maximum atomic E-state index is 13.3. The monoisotopic (exact) mass is 489 g/mol. The topological polar surface area (TPSA) is 88.6 Å². The van der Waals surface area contributed by atoms with Gasteiger partial charge in [-0.15, -0.1) is 0 Å². The molecule has 1 atom stereocenters. The Balaban J connectivity index is 1.38. The van der Waals surface area contributed by atoms with Gasteiger partial charge in [0.2, 0.25) is 22.7 Å². The number of sulfonamides is 1. The molecule has 4 rings (SSSR count). The van der Waals surface area contributed by atoms with Gasteiger partial charge in [0.25, 0.3) is 0 Å². The van der Waals surface area contributed by atoms with Gasteiger partial charge >= 0.3 is 0 Å². The van der Waals surface area contributed by atoms with Crippen molar-refractivity contribution in [3.63, 3.8) is 0 Å². The third-order valence-electron chi connectivity index (χ3n) is 6.00. The van der Waals surface area contributed by atoms with Crippen molar-refractivity contribution in [2.24, 2.45) is 0 Å². The molecule has 0 saturated carbocycles. The molecule has 1 unspecified atom stereocenters. The molecule has 2 aliphatic heterocycles. The van der Waals surface area contributed by atoms with Crippen molar-refractivity contribution >= 4 is 21.6 Å². The second-order valence-electron chi connectivity index (χ2n) is 8.45. The highest BCUT2D eigenvalue weighted by Gasteiger charge is 2.33. The van der Waals surface area contributed by atoms with Crippen LogP contribution in [0.15, 0.2) is 42.5 Å². The van der Waals surface area contributed by atoms with E-state index in [1.54, 1.807) is 36.1 Å². The number of piperazine rings is 1. The number of carbonyl (C=O) groups is 1. The molecular weight excluding hydrogens is 458 g/mol. The largest absolute Gasteiger partial charge is 0.494 e. The predicted octanol–water partition coefficient (Wildman–Crippen LogP) is 2.31. The summed E-state index contributed by atoms with van der Waals surface area (Å²) in [5.41, 5.74) is 1.56. The first-order valence-electron chi connectivity index (χ1n) is 11.4. The number of benzene rings is 2. The fourth-order valence-electron chi connectivity index (χ4n) is 4.35. The van der Waals surface area contributed by atoms with Crippen LogP contribution in [0.4, 0.5) is 5.69 Å². The summed E-state index contributed by atoms with van der Waals surface area (Å²) >= 11 is 0. The molecule has 0 aliphatic carbocycles. The maximum Gasteiger partial charge on any atom is 0.246 e. The average Bonchev–Trinajstić information content (AvgIpc) is 3.27. The van der Waals surface area contributed by atoms with Crippen molar-refractivity contribution in [2.75, 3.05) is 50.1 Å². The van der Waals surface area contributed by atoms with Crippen LogP contribution in [0.2, 0.25) is 0 Å². The van der Waals surface area contributed by atoms with Gasteiger partial charge in [0.1, 0.15) is 11.8 Å². The molecule has 9 nitrogen and oxygen atoms in total. The van der Waals surface area contributed by atoms with E-state index in [0.29, 0.717) is 44.2 Å². The van der Waals surface area contributed by atoms with Gasteiger partial charge in [-0.25, -0.2) is 8.42 Å². The number of hydrogen-bond acceptors (Lipinski definition) is 7. The van der Waals surface area contributed by atoms with Gasteiger partial charge in [0.15, 0.2) is 11.5 Å². The Kier molecular flexibility index (Phi) is 7.18. The molecule has 2 heterocycles. The first-order valence-corrected chi connectivity index (χ1v) is 13.2. The molecule has 0 N–H and O–H groups in total. The van der Waals surface area contributed by atoms with Crippen LogP contribution in [0.1, 0.15) is 19.4 Å². The van der Waals surface area contributed by atoms with E-state index in [4.69, 9.17) is 14.2 Å². The molecule has 2 aromatic carbocycles. The molecule has 2 aromatic rings. The van der Waals surface area contributed by atoms with Crippen molar-refractivity contribution in [3.05, 3.63) is 48.0 Å². The minimum atomic E-state index is -3.67. The SMILES string of the molecule is CCOc1ccc(N(C(C)C(=O)N2CCN(Cc3ccc4c(c3)OCO4)CC2)S(C)(=O)=O)cc1. The number of nitrogens with zero attached hydrogens (tertiary/aromatic N) is 3. The molecule has 1 fully saturated rings. The van der Waals surface area contributed by atoms with Crippen LogP contribution in [-0.2, 0) is 21.4 Å². The molecular formula is C24H31N3O6S. The minimum absolute atomic E-state index is 0.206. The number of amides is 1. The summed E-state index contributed by atoms with van der Waals surface area (Å²) in [4.78, 5) is 17.3. The predicted molar refractivity (Wildman–Crippen MR) is 129 cm³/mol. The van der Waals surface area contributed by atoms with Crippen LogP contribution in [0.5, 0.6) is 17.2 Å². The van der Waals surface area contributed by atoms with Crippen molar-refractivity contribution in [1.29, 1.82) is 0 Å². The molecule has 1 amide bonds. The van der Waals surface area contributed by atoms with Crippen molar-refractivity contribution in [2.45, 2.75) is 26.4 Å².